The van der Waals surface area contributed by atoms with E-state index in [1.165, 1.54) is 23.9 Å². The summed E-state index contributed by atoms with van der Waals surface area (Å²) < 4.78 is 21.1. The van der Waals surface area contributed by atoms with Gasteiger partial charge < -0.3 is 10.1 Å². The lowest BCUT2D eigenvalue weighted by atomic mass is 10.1. The molecule has 2 heterocycles. The summed E-state index contributed by atoms with van der Waals surface area (Å²) in [6.45, 7) is 5.18. The number of anilines is 1. The highest BCUT2D eigenvalue weighted by Gasteiger charge is 2.22. The number of halogens is 2. The second-order valence-electron chi connectivity index (χ2n) is 7.83. The number of carbonyl (C=O) groups is 1. The number of aryl methyl sites for hydroxylation is 2. The molecule has 1 aliphatic heterocycles. The minimum atomic E-state index is -0.310. The number of ether oxygens (including phenoxy) is 1. The van der Waals surface area contributed by atoms with Crippen LogP contribution in [0.1, 0.15) is 24.0 Å². The van der Waals surface area contributed by atoms with Crippen LogP contribution in [0.4, 0.5) is 10.1 Å². The highest BCUT2D eigenvalue weighted by Crippen LogP contribution is 2.29. The van der Waals surface area contributed by atoms with E-state index >= 15 is 0 Å². The SMILES string of the molecule is Cc1cc(C)c(NC(=O)CSc2nnc(-c3ccc(F)cc3)n2CC2CCCO2)c(Cl)c1. The van der Waals surface area contributed by atoms with E-state index in [2.05, 4.69) is 15.5 Å². The molecular formula is C23H24ClFN4O2S. The van der Waals surface area contributed by atoms with Crippen LogP contribution in [0.5, 0.6) is 0 Å². The van der Waals surface area contributed by atoms with Crippen LogP contribution in [0.2, 0.25) is 5.02 Å². The quantitative estimate of drug-likeness (QED) is 0.473. The van der Waals surface area contributed by atoms with Crippen molar-refractivity contribution in [1.82, 2.24) is 14.8 Å². The maximum absolute atomic E-state index is 13.4. The number of carbonyl (C=O) groups excluding carboxylic acids is 1. The number of rotatable bonds is 7. The first-order valence-corrected chi connectivity index (χ1v) is 11.8. The monoisotopic (exact) mass is 474 g/mol. The lowest BCUT2D eigenvalue weighted by molar-refractivity contribution is -0.113. The van der Waals surface area contributed by atoms with E-state index in [0.717, 1.165) is 36.1 Å². The molecule has 1 amide bonds. The molecule has 9 heteroatoms. The second kappa shape index (κ2) is 10.0. The van der Waals surface area contributed by atoms with Crippen molar-refractivity contribution < 1.29 is 13.9 Å². The molecule has 0 bridgehead atoms. The van der Waals surface area contributed by atoms with E-state index in [1.54, 1.807) is 12.1 Å². The van der Waals surface area contributed by atoms with Gasteiger partial charge in [0.25, 0.3) is 0 Å². The first kappa shape index (κ1) is 22.8. The number of thioether (sulfide) groups is 1. The zero-order valence-corrected chi connectivity index (χ0v) is 19.5. The Morgan fingerprint density at radius 2 is 2.06 bits per heavy atom. The Morgan fingerprint density at radius 3 is 2.75 bits per heavy atom. The summed E-state index contributed by atoms with van der Waals surface area (Å²) in [6.07, 6.45) is 2.03. The van der Waals surface area contributed by atoms with Crippen LogP contribution in [0.25, 0.3) is 11.4 Å². The van der Waals surface area contributed by atoms with Crippen LogP contribution in [-0.4, -0.2) is 39.1 Å². The fourth-order valence-corrected chi connectivity index (χ4v) is 4.86. The standard InChI is InChI=1S/C23H24ClFN4O2S/c1-14-10-15(2)21(19(24)11-14)26-20(30)13-32-23-28-27-22(16-5-7-17(25)8-6-16)29(23)12-18-4-3-9-31-18/h5-8,10-11,18H,3-4,9,12-13H2,1-2H3,(H,26,30). The van der Waals surface area contributed by atoms with Gasteiger partial charge >= 0.3 is 0 Å². The maximum Gasteiger partial charge on any atom is 0.234 e. The van der Waals surface area contributed by atoms with Gasteiger partial charge in [0.15, 0.2) is 11.0 Å². The molecule has 1 unspecified atom stereocenters. The molecule has 4 rings (SSSR count). The van der Waals surface area contributed by atoms with Gasteiger partial charge in [-0.3, -0.25) is 9.36 Å². The molecule has 1 atom stereocenters. The van der Waals surface area contributed by atoms with Crippen molar-refractivity contribution in [1.29, 1.82) is 0 Å². The van der Waals surface area contributed by atoms with Gasteiger partial charge in [0.2, 0.25) is 5.91 Å². The number of nitrogens with one attached hydrogen (secondary N) is 1. The average molecular weight is 475 g/mol. The Bertz CT molecular complexity index is 1090. The smallest absolute Gasteiger partial charge is 0.234 e. The van der Waals surface area contributed by atoms with Crippen LogP contribution >= 0.6 is 23.4 Å². The van der Waals surface area contributed by atoms with Crippen LogP contribution in [0, 0.1) is 19.7 Å². The van der Waals surface area contributed by atoms with Crippen molar-refractivity contribution in [3.63, 3.8) is 0 Å². The normalized spacial score (nSPS) is 15.8. The number of amides is 1. The first-order valence-electron chi connectivity index (χ1n) is 10.4. The van der Waals surface area contributed by atoms with Crippen LogP contribution in [0.3, 0.4) is 0 Å². The molecule has 0 spiro atoms. The second-order valence-corrected chi connectivity index (χ2v) is 9.18. The average Bonchev–Trinajstić information content (AvgIpc) is 3.40. The molecule has 3 aromatic rings. The highest BCUT2D eigenvalue weighted by atomic mass is 35.5. The molecule has 0 radical (unpaired) electrons. The number of aromatic nitrogens is 3. The van der Waals surface area contributed by atoms with Crippen molar-refractivity contribution in [3.8, 4) is 11.4 Å². The van der Waals surface area contributed by atoms with Crippen LogP contribution in [-0.2, 0) is 16.1 Å². The molecule has 168 valence electrons. The van der Waals surface area contributed by atoms with Gasteiger partial charge in [-0.2, -0.15) is 0 Å². The van der Waals surface area contributed by atoms with Gasteiger partial charge in [-0.05, 0) is 68.1 Å². The lowest BCUT2D eigenvalue weighted by Gasteiger charge is -2.15. The van der Waals surface area contributed by atoms with E-state index in [0.29, 0.717) is 28.2 Å². The van der Waals surface area contributed by atoms with Gasteiger partial charge in [0, 0.05) is 12.2 Å². The van der Waals surface area contributed by atoms with Gasteiger partial charge in [0.05, 0.1) is 29.1 Å². The van der Waals surface area contributed by atoms with Crippen molar-refractivity contribution in [2.24, 2.45) is 0 Å². The van der Waals surface area contributed by atoms with E-state index < -0.39 is 0 Å². The first-order chi connectivity index (χ1) is 15.4. The third-order valence-corrected chi connectivity index (χ3v) is 6.52. The molecule has 0 aliphatic carbocycles. The molecule has 2 aromatic carbocycles. The molecule has 1 N–H and O–H groups in total. The largest absolute Gasteiger partial charge is 0.376 e. The summed E-state index contributed by atoms with van der Waals surface area (Å²) in [6, 6.07) is 9.94. The lowest BCUT2D eigenvalue weighted by Crippen LogP contribution is -2.18. The van der Waals surface area contributed by atoms with Gasteiger partial charge in [0.1, 0.15) is 5.82 Å². The molecule has 1 aliphatic rings. The minimum Gasteiger partial charge on any atom is -0.376 e. The molecule has 0 saturated carbocycles. The highest BCUT2D eigenvalue weighted by molar-refractivity contribution is 7.99. The van der Waals surface area contributed by atoms with Crippen molar-refractivity contribution in [3.05, 3.63) is 58.4 Å². The Labute approximate surface area is 195 Å². The number of hydrogen-bond acceptors (Lipinski definition) is 5. The van der Waals surface area contributed by atoms with Gasteiger partial charge in [-0.15, -0.1) is 10.2 Å². The fraction of sp³-hybridized carbons (Fsp3) is 0.348. The minimum absolute atomic E-state index is 0.0624. The zero-order valence-electron chi connectivity index (χ0n) is 17.9. The van der Waals surface area contributed by atoms with E-state index in [1.807, 2.05) is 30.5 Å². The van der Waals surface area contributed by atoms with Crippen molar-refractivity contribution in [2.75, 3.05) is 17.7 Å². The van der Waals surface area contributed by atoms with Crippen LogP contribution in [0.15, 0.2) is 41.6 Å². The Morgan fingerprint density at radius 1 is 1.28 bits per heavy atom. The van der Waals surface area contributed by atoms with E-state index in [4.69, 9.17) is 16.3 Å². The summed E-state index contributed by atoms with van der Waals surface area (Å²) in [5.41, 5.74) is 3.33. The van der Waals surface area contributed by atoms with E-state index in [-0.39, 0.29) is 23.6 Å². The summed E-state index contributed by atoms with van der Waals surface area (Å²) >= 11 is 7.61. The summed E-state index contributed by atoms with van der Waals surface area (Å²) in [5, 5.41) is 12.6. The Hall–Kier alpha value is -2.42. The fourth-order valence-electron chi connectivity index (χ4n) is 3.74. The third-order valence-electron chi connectivity index (χ3n) is 5.26. The number of benzene rings is 2. The van der Waals surface area contributed by atoms with Gasteiger partial charge in [-0.1, -0.05) is 29.4 Å². The Balaban J connectivity index is 1.51. The summed E-state index contributed by atoms with van der Waals surface area (Å²) in [7, 11) is 0. The van der Waals surface area contributed by atoms with Crippen LogP contribution < -0.4 is 5.32 Å². The topological polar surface area (TPSA) is 69.0 Å². The third kappa shape index (κ3) is 5.31. The Kier molecular flexibility index (Phi) is 7.13. The van der Waals surface area contributed by atoms with Crippen molar-refractivity contribution >= 4 is 35.0 Å². The maximum atomic E-state index is 13.4. The predicted molar refractivity (Wildman–Crippen MR) is 125 cm³/mol. The summed E-state index contributed by atoms with van der Waals surface area (Å²) in [4.78, 5) is 12.6. The number of hydrogen-bond donors (Lipinski definition) is 1. The molecule has 32 heavy (non-hydrogen) atoms. The van der Waals surface area contributed by atoms with Gasteiger partial charge in [-0.25, -0.2) is 4.39 Å². The molecule has 1 saturated heterocycles. The number of nitrogens with zero attached hydrogens (tertiary/aromatic N) is 3. The molecule has 6 nitrogen and oxygen atoms in total. The summed E-state index contributed by atoms with van der Waals surface area (Å²) in [5.74, 6) is 0.284. The molecule has 1 fully saturated rings. The van der Waals surface area contributed by atoms with Crippen molar-refractivity contribution in [2.45, 2.75) is 44.5 Å². The molecule has 1 aromatic heterocycles. The molecular weight excluding hydrogens is 451 g/mol. The zero-order chi connectivity index (χ0) is 22.7. The van der Waals surface area contributed by atoms with E-state index in [9.17, 15) is 9.18 Å². The predicted octanol–water partition coefficient (Wildman–Crippen LogP) is 5.26.